The van der Waals surface area contributed by atoms with Crippen molar-refractivity contribution in [2.24, 2.45) is 5.92 Å². The SMILES string of the molecule is COc1cc2cc(c1Cl)N(C)C(=O)C[C@H](OC(=O)[C@H](C)N(C)C(=O)CCC(C)(C)SCC(=O)N(C)CCOCCC(C)=O)[C@]1(C)O[C@H]1[C@H](C)[C@@H]1C[C@@](O)(NC(=O)O1)[C@H](OC)/C=C/C=C(\C)C2. The standard InChI is InChI=1S/C47H69ClN4O13S/c1-28-14-13-15-36(61-12)47(59)26-35(63-44(58)49-47)30(3)42-46(7,65-42)37(25-39(55)52(10)33-23-32(22-28)24-34(60-11)41(33)48)64-43(57)31(4)51(9)38(54)16-18-45(5,6)66-27-40(56)50(8)19-21-62-20-17-29(2)53/h13-15,23-24,30-31,35-37,42,59H,16-22,25-27H2,1-12H3,(H,49,58)/b15-13+,28-14+/t30-,31+,35+,36-,37+,42+,46+,47+/m1/s1. The van der Waals surface area contributed by atoms with Crippen LogP contribution in [0.3, 0.4) is 0 Å². The first kappa shape index (κ1) is 54.4. The minimum absolute atomic E-state index is 0.0387. The number of ketones is 1. The molecular weight excluding hydrogens is 896 g/mol. The predicted molar refractivity (Wildman–Crippen MR) is 250 cm³/mol. The summed E-state index contributed by atoms with van der Waals surface area (Å²) in [5, 5.41) is 14.5. The van der Waals surface area contributed by atoms with Crippen molar-refractivity contribution < 1.29 is 62.3 Å². The van der Waals surface area contributed by atoms with Crippen molar-refractivity contribution in [2.75, 3.05) is 65.8 Å². The van der Waals surface area contributed by atoms with E-state index in [1.54, 1.807) is 57.1 Å². The van der Waals surface area contributed by atoms with Crippen LogP contribution in [0.1, 0.15) is 86.1 Å². The highest BCUT2D eigenvalue weighted by Crippen LogP contribution is 2.49. The van der Waals surface area contributed by atoms with Crippen molar-refractivity contribution >= 4 is 64.6 Å². The van der Waals surface area contributed by atoms with Gasteiger partial charge in [0.2, 0.25) is 17.7 Å². The van der Waals surface area contributed by atoms with Gasteiger partial charge in [-0.3, -0.25) is 24.5 Å². The number of allylic oxidation sites excluding steroid dienone is 3. The number of hydrogen-bond donors (Lipinski definition) is 2. The number of thioether (sulfide) groups is 1. The summed E-state index contributed by atoms with van der Waals surface area (Å²) in [5.74, 6) is -1.65. The molecule has 1 aromatic carbocycles. The van der Waals surface area contributed by atoms with Gasteiger partial charge in [0.1, 0.15) is 46.5 Å². The first-order valence-electron chi connectivity index (χ1n) is 22.2. The van der Waals surface area contributed by atoms with Crippen LogP contribution in [0.2, 0.25) is 5.02 Å². The Morgan fingerprint density at radius 3 is 2.47 bits per heavy atom. The van der Waals surface area contributed by atoms with E-state index < -0.39 is 70.4 Å². The molecule has 2 N–H and O–H groups in total. The fourth-order valence-corrected chi connectivity index (χ4v) is 9.18. The number of nitrogens with one attached hydrogen (secondary N) is 1. The summed E-state index contributed by atoms with van der Waals surface area (Å²) < 4.78 is 34.4. The summed E-state index contributed by atoms with van der Waals surface area (Å²) in [4.78, 5) is 83.1. The number of alkyl carbamates (subject to hydrolysis) is 1. The van der Waals surface area contributed by atoms with Crippen molar-refractivity contribution in [3.05, 3.63) is 46.5 Å². The number of carbonyl (C=O) groups excluding carboxylic acids is 6. The van der Waals surface area contributed by atoms with Crippen molar-refractivity contribution in [3.63, 3.8) is 0 Å². The number of nitrogens with zero attached hydrogens (tertiary/aromatic N) is 3. The molecule has 0 aromatic heterocycles. The number of esters is 1. The van der Waals surface area contributed by atoms with Gasteiger partial charge in [-0.2, -0.15) is 0 Å². The zero-order chi connectivity index (χ0) is 49.3. The molecule has 0 saturated carbocycles. The minimum Gasteiger partial charge on any atom is -0.495 e. The lowest BCUT2D eigenvalue weighted by Crippen LogP contribution is -2.63. The lowest BCUT2D eigenvalue weighted by Gasteiger charge is -2.42. The highest BCUT2D eigenvalue weighted by molar-refractivity contribution is 8.01. The first-order chi connectivity index (χ1) is 30.9. The largest absolute Gasteiger partial charge is 0.495 e. The number of rotatable bonds is 17. The monoisotopic (exact) mass is 964 g/mol. The van der Waals surface area contributed by atoms with Crippen molar-refractivity contribution in [1.29, 1.82) is 0 Å². The van der Waals surface area contributed by atoms with Crippen molar-refractivity contribution in [2.45, 2.75) is 134 Å². The second-order valence-electron chi connectivity index (χ2n) is 18.3. The van der Waals surface area contributed by atoms with E-state index in [0.717, 1.165) is 11.1 Å². The van der Waals surface area contributed by atoms with Gasteiger partial charge in [-0.15, -0.1) is 11.8 Å². The number of anilines is 1. The normalized spacial score (nSPS) is 27.5. The van der Waals surface area contributed by atoms with E-state index in [-0.39, 0.29) is 47.6 Å². The lowest BCUT2D eigenvalue weighted by molar-refractivity contribution is -0.162. The fourth-order valence-electron chi connectivity index (χ4n) is 7.89. The van der Waals surface area contributed by atoms with Crippen LogP contribution in [-0.4, -0.2) is 158 Å². The maximum Gasteiger partial charge on any atom is 0.409 e. The Balaban J connectivity index is 1.53. The topological polar surface area (TPSA) is 203 Å². The third kappa shape index (κ3) is 14.2. The molecule has 4 bridgehead atoms. The molecule has 4 rings (SSSR count). The second kappa shape index (κ2) is 23.2. The van der Waals surface area contributed by atoms with Gasteiger partial charge in [0.25, 0.3) is 0 Å². The highest BCUT2D eigenvalue weighted by Gasteiger charge is 2.64. The predicted octanol–water partition coefficient (Wildman–Crippen LogP) is 5.26. The number of fused-ring (bicyclic) bond motifs is 5. The maximum absolute atomic E-state index is 14.3. The molecule has 0 aliphatic carbocycles. The van der Waals surface area contributed by atoms with Crippen molar-refractivity contribution in [3.8, 4) is 5.75 Å². The summed E-state index contributed by atoms with van der Waals surface area (Å²) in [7, 11) is 7.66. The van der Waals surface area contributed by atoms with Crippen LogP contribution in [-0.2, 0) is 54.1 Å². The summed E-state index contributed by atoms with van der Waals surface area (Å²) >= 11 is 8.23. The minimum atomic E-state index is -1.86. The molecule has 0 unspecified atom stereocenters. The van der Waals surface area contributed by atoms with Crippen molar-refractivity contribution in [1.82, 2.24) is 15.1 Å². The molecule has 17 nitrogen and oxygen atoms in total. The van der Waals surface area contributed by atoms with E-state index in [4.69, 9.17) is 40.0 Å². The Hall–Kier alpha value is -4.20. The van der Waals surface area contributed by atoms with Gasteiger partial charge in [-0.05, 0) is 58.2 Å². The molecule has 3 aliphatic heterocycles. The third-order valence-electron chi connectivity index (χ3n) is 12.6. The summed E-state index contributed by atoms with van der Waals surface area (Å²) in [6.07, 6.45) is 1.43. The molecule has 66 heavy (non-hydrogen) atoms. The molecule has 368 valence electrons. The van der Waals surface area contributed by atoms with Crippen LogP contribution < -0.4 is 15.0 Å². The average molecular weight is 966 g/mol. The Morgan fingerprint density at radius 1 is 1.12 bits per heavy atom. The number of ether oxygens (including phenoxy) is 6. The number of halogens is 1. The summed E-state index contributed by atoms with van der Waals surface area (Å²) in [5.41, 5.74) is -1.07. The number of epoxide rings is 1. The molecule has 3 heterocycles. The molecule has 2 fully saturated rings. The number of hydrogen-bond acceptors (Lipinski definition) is 14. The molecule has 19 heteroatoms. The van der Waals surface area contributed by atoms with Gasteiger partial charge >= 0.3 is 12.1 Å². The van der Waals surface area contributed by atoms with Gasteiger partial charge in [-0.25, -0.2) is 9.59 Å². The molecule has 0 spiro atoms. The molecule has 2 saturated heterocycles. The number of likely N-dealkylation sites (N-methyl/N-ethyl adjacent to an activating group) is 2. The zero-order valence-corrected chi connectivity index (χ0v) is 42.0. The van der Waals surface area contributed by atoms with E-state index in [1.807, 2.05) is 26.8 Å². The van der Waals surface area contributed by atoms with E-state index in [0.29, 0.717) is 50.5 Å². The van der Waals surface area contributed by atoms with Crippen LogP contribution in [0.4, 0.5) is 10.5 Å². The Labute approximate surface area is 398 Å². The molecule has 1 aromatic rings. The van der Waals surface area contributed by atoms with E-state index in [1.165, 1.54) is 56.7 Å². The van der Waals surface area contributed by atoms with Crippen LogP contribution in [0.25, 0.3) is 0 Å². The quantitative estimate of drug-likeness (QED) is 0.116. The number of aliphatic hydroxyl groups is 1. The van der Waals surface area contributed by atoms with E-state index in [9.17, 15) is 33.9 Å². The van der Waals surface area contributed by atoms with E-state index >= 15 is 0 Å². The number of carbonyl (C=O) groups is 6. The van der Waals surface area contributed by atoms with E-state index in [2.05, 4.69) is 5.32 Å². The van der Waals surface area contributed by atoms with Gasteiger partial charge in [0, 0.05) is 64.7 Å². The van der Waals surface area contributed by atoms with Gasteiger partial charge in [0.15, 0.2) is 5.72 Å². The lowest BCUT2D eigenvalue weighted by atomic mass is 9.83. The molecule has 3 aliphatic rings. The third-order valence-corrected chi connectivity index (χ3v) is 14.4. The van der Waals surface area contributed by atoms with Gasteiger partial charge < -0.3 is 48.2 Å². The average Bonchev–Trinajstić information content (AvgIpc) is 3.96. The number of amides is 4. The molecule has 8 atom stereocenters. The summed E-state index contributed by atoms with van der Waals surface area (Å²) in [6, 6.07) is 2.49. The zero-order valence-electron chi connectivity index (χ0n) is 40.4. The second-order valence-corrected chi connectivity index (χ2v) is 20.4. The van der Waals surface area contributed by atoms with Crippen LogP contribution in [0.5, 0.6) is 5.75 Å². The number of methoxy groups -OCH3 is 2. The first-order valence-corrected chi connectivity index (χ1v) is 23.5. The number of Topliss-reactive ketones (excluding diaryl/α,β-unsaturated/α-hetero) is 1. The smallest absolute Gasteiger partial charge is 0.409 e. The maximum atomic E-state index is 14.3. The molecular formula is C47H69ClN4O13S. The highest BCUT2D eigenvalue weighted by atomic mass is 35.5. The van der Waals surface area contributed by atoms with Crippen LogP contribution in [0, 0.1) is 5.92 Å². The van der Waals surface area contributed by atoms with Crippen LogP contribution in [0.15, 0.2) is 35.9 Å². The van der Waals surface area contributed by atoms with Gasteiger partial charge in [0.05, 0.1) is 44.3 Å². The Kier molecular flexibility index (Phi) is 19.1. The fraction of sp³-hybridized carbons (Fsp3) is 0.660. The van der Waals surface area contributed by atoms with Crippen LogP contribution >= 0.6 is 23.4 Å². The Bertz CT molecular complexity index is 2020. The summed E-state index contributed by atoms with van der Waals surface area (Å²) in [6.45, 7) is 13.3. The molecule has 0 radical (unpaired) electrons. The molecule has 4 amide bonds. The Morgan fingerprint density at radius 2 is 1.82 bits per heavy atom. The number of benzene rings is 1. The van der Waals surface area contributed by atoms with Gasteiger partial charge in [-0.1, -0.05) is 56.2 Å².